The third-order valence-electron chi connectivity index (χ3n) is 4.01. The van der Waals surface area contributed by atoms with Gasteiger partial charge in [-0.25, -0.2) is 0 Å². The number of rotatable bonds is 3. The van der Waals surface area contributed by atoms with Gasteiger partial charge >= 0.3 is 5.97 Å². The Morgan fingerprint density at radius 1 is 1.19 bits per heavy atom. The highest BCUT2D eigenvalue weighted by molar-refractivity contribution is 7.27. The van der Waals surface area contributed by atoms with Crippen LogP contribution in [0.1, 0.15) is 41.8 Å². The number of carboxylic acid groups (broad SMARTS) is 1. The Kier molecular flexibility index (Phi) is 4.26. The Balaban J connectivity index is 1.75. The fraction of sp³-hybridized carbons (Fsp3) is 0.467. The third kappa shape index (κ3) is 3.11. The molecule has 0 aliphatic heterocycles. The average molecular weight is 323 g/mol. The highest BCUT2D eigenvalue weighted by Gasteiger charge is 2.31. The minimum Gasteiger partial charge on any atom is -0.481 e. The fourth-order valence-electron chi connectivity index (χ4n) is 2.89. The van der Waals surface area contributed by atoms with Crippen LogP contribution in [0.4, 0.5) is 0 Å². The summed E-state index contributed by atoms with van der Waals surface area (Å²) in [5.41, 5.74) is 0. The van der Waals surface area contributed by atoms with E-state index >= 15 is 0 Å². The molecule has 112 valence electrons. The van der Waals surface area contributed by atoms with Crippen molar-refractivity contribution in [2.45, 2.75) is 38.1 Å². The Hall–Kier alpha value is -1.40. The molecule has 21 heavy (non-hydrogen) atoms. The summed E-state index contributed by atoms with van der Waals surface area (Å²) >= 11 is 3.08. The van der Waals surface area contributed by atoms with Crippen molar-refractivity contribution in [3.63, 3.8) is 0 Å². The van der Waals surface area contributed by atoms with Crippen LogP contribution in [-0.4, -0.2) is 23.0 Å². The Labute approximate surface area is 130 Å². The van der Waals surface area contributed by atoms with Gasteiger partial charge in [-0.05, 0) is 30.4 Å². The predicted octanol–water partition coefficient (Wildman–Crippen LogP) is 3.73. The predicted molar refractivity (Wildman–Crippen MR) is 85.2 cm³/mol. The van der Waals surface area contributed by atoms with E-state index in [0.717, 1.165) is 35.1 Å². The molecular formula is C15H17NO3S2. The molecule has 1 aliphatic carbocycles. The van der Waals surface area contributed by atoms with Crippen LogP contribution in [0.25, 0.3) is 9.40 Å². The maximum atomic E-state index is 12.4. The van der Waals surface area contributed by atoms with Gasteiger partial charge in [-0.1, -0.05) is 19.3 Å². The van der Waals surface area contributed by atoms with Gasteiger partial charge in [0.2, 0.25) is 0 Å². The lowest BCUT2D eigenvalue weighted by Gasteiger charge is -2.22. The van der Waals surface area contributed by atoms with E-state index in [9.17, 15) is 14.7 Å². The number of carboxylic acids is 1. The largest absolute Gasteiger partial charge is 0.481 e. The van der Waals surface area contributed by atoms with E-state index in [-0.39, 0.29) is 11.9 Å². The molecule has 0 bridgehead atoms. The van der Waals surface area contributed by atoms with Crippen molar-refractivity contribution in [1.29, 1.82) is 0 Å². The molecule has 1 amide bonds. The molecule has 2 aromatic heterocycles. The quantitative estimate of drug-likeness (QED) is 0.846. The molecule has 2 unspecified atom stereocenters. The van der Waals surface area contributed by atoms with Gasteiger partial charge in [0.15, 0.2) is 0 Å². The maximum absolute atomic E-state index is 12.4. The second-order valence-corrected chi connectivity index (χ2v) is 7.45. The Morgan fingerprint density at radius 3 is 2.76 bits per heavy atom. The molecule has 3 rings (SSSR count). The molecule has 2 N–H and O–H groups in total. The first-order valence-corrected chi connectivity index (χ1v) is 8.85. The molecule has 0 aromatic carbocycles. The topological polar surface area (TPSA) is 66.4 Å². The van der Waals surface area contributed by atoms with Gasteiger partial charge < -0.3 is 10.4 Å². The highest BCUT2D eigenvalue weighted by Crippen LogP contribution is 2.30. The summed E-state index contributed by atoms with van der Waals surface area (Å²) in [6.45, 7) is 0. The molecule has 1 saturated carbocycles. The van der Waals surface area contributed by atoms with Crippen LogP contribution in [0.2, 0.25) is 0 Å². The first kappa shape index (κ1) is 14.5. The fourth-order valence-corrected chi connectivity index (χ4v) is 4.91. The van der Waals surface area contributed by atoms with E-state index < -0.39 is 11.9 Å². The smallest absolute Gasteiger partial charge is 0.308 e. The van der Waals surface area contributed by atoms with Crippen LogP contribution in [-0.2, 0) is 4.79 Å². The normalized spacial score (nSPS) is 22.9. The Bertz CT molecular complexity index is 632. The number of hydrogen-bond acceptors (Lipinski definition) is 4. The van der Waals surface area contributed by atoms with E-state index in [2.05, 4.69) is 5.32 Å². The lowest BCUT2D eigenvalue weighted by Crippen LogP contribution is -2.42. The summed E-state index contributed by atoms with van der Waals surface area (Å²) in [5, 5.41) is 14.3. The molecule has 0 radical (unpaired) electrons. The van der Waals surface area contributed by atoms with Gasteiger partial charge in [0, 0.05) is 15.4 Å². The minimum atomic E-state index is -0.797. The molecule has 1 fully saturated rings. The Morgan fingerprint density at radius 2 is 2.00 bits per heavy atom. The van der Waals surface area contributed by atoms with E-state index in [1.165, 1.54) is 11.3 Å². The number of hydrogen-bond donors (Lipinski definition) is 2. The van der Waals surface area contributed by atoms with Gasteiger partial charge in [0.05, 0.1) is 10.8 Å². The van der Waals surface area contributed by atoms with Crippen molar-refractivity contribution in [2.75, 3.05) is 0 Å². The average Bonchev–Trinajstić information content (AvgIpc) is 2.95. The molecule has 2 atom stereocenters. The molecule has 2 heterocycles. The second kappa shape index (κ2) is 6.15. The first-order chi connectivity index (χ1) is 10.1. The van der Waals surface area contributed by atoms with Crippen molar-refractivity contribution in [2.24, 2.45) is 5.92 Å². The zero-order chi connectivity index (χ0) is 14.8. The summed E-state index contributed by atoms with van der Waals surface area (Å²) < 4.78 is 2.22. The van der Waals surface area contributed by atoms with Crippen molar-refractivity contribution < 1.29 is 14.7 Å². The number of carbonyl (C=O) groups is 2. The highest BCUT2D eigenvalue weighted by atomic mass is 32.1. The van der Waals surface area contributed by atoms with Gasteiger partial charge in [0.25, 0.3) is 5.91 Å². The molecule has 6 heteroatoms. The summed E-state index contributed by atoms with van der Waals surface area (Å²) in [7, 11) is 0. The number of thiophene rings is 2. The molecular weight excluding hydrogens is 306 g/mol. The van der Waals surface area contributed by atoms with Gasteiger partial charge in [-0.3, -0.25) is 9.59 Å². The monoisotopic (exact) mass is 323 g/mol. The first-order valence-electron chi connectivity index (χ1n) is 7.16. The number of carbonyl (C=O) groups excluding carboxylic acids is 1. The molecule has 0 spiro atoms. The molecule has 4 nitrogen and oxygen atoms in total. The van der Waals surface area contributed by atoms with Crippen molar-refractivity contribution in [3.05, 3.63) is 22.4 Å². The van der Waals surface area contributed by atoms with E-state index in [0.29, 0.717) is 11.3 Å². The van der Waals surface area contributed by atoms with Crippen LogP contribution in [0.15, 0.2) is 17.5 Å². The number of nitrogens with one attached hydrogen (secondary N) is 1. The lowest BCUT2D eigenvalue weighted by molar-refractivity contribution is -0.142. The van der Waals surface area contributed by atoms with E-state index in [4.69, 9.17) is 0 Å². The molecule has 0 saturated heterocycles. The van der Waals surface area contributed by atoms with E-state index in [1.54, 1.807) is 11.3 Å². The number of aliphatic carboxylic acids is 1. The van der Waals surface area contributed by atoms with Crippen molar-refractivity contribution in [3.8, 4) is 0 Å². The SMILES string of the molecule is O=C(NC1CCCCCC1C(=O)O)c1cc2sccc2s1. The lowest BCUT2D eigenvalue weighted by atomic mass is 9.95. The summed E-state index contributed by atoms with van der Waals surface area (Å²) in [6, 6.07) is 3.65. The second-order valence-electron chi connectivity index (χ2n) is 5.42. The summed E-state index contributed by atoms with van der Waals surface area (Å²) in [4.78, 5) is 24.4. The van der Waals surface area contributed by atoms with Crippen LogP contribution in [0, 0.1) is 5.92 Å². The third-order valence-corrected chi connectivity index (χ3v) is 6.10. The zero-order valence-corrected chi connectivity index (χ0v) is 13.1. The van der Waals surface area contributed by atoms with Crippen molar-refractivity contribution >= 4 is 43.9 Å². The summed E-state index contributed by atoms with van der Waals surface area (Å²) in [6.07, 6.45) is 4.36. The van der Waals surface area contributed by atoms with E-state index in [1.807, 2.05) is 17.5 Å². The van der Waals surface area contributed by atoms with Gasteiger partial charge in [-0.2, -0.15) is 0 Å². The van der Waals surface area contributed by atoms with Crippen LogP contribution in [0.3, 0.4) is 0 Å². The molecule has 1 aliphatic rings. The number of fused-ring (bicyclic) bond motifs is 1. The van der Waals surface area contributed by atoms with Crippen LogP contribution < -0.4 is 5.32 Å². The minimum absolute atomic E-state index is 0.137. The number of amides is 1. The zero-order valence-electron chi connectivity index (χ0n) is 11.5. The van der Waals surface area contributed by atoms with Gasteiger partial charge in [0.1, 0.15) is 0 Å². The summed E-state index contributed by atoms with van der Waals surface area (Å²) in [5.74, 6) is -1.39. The van der Waals surface area contributed by atoms with Crippen LogP contribution in [0.5, 0.6) is 0 Å². The van der Waals surface area contributed by atoms with Gasteiger partial charge in [-0.15, -0.1) is 22.7 Å². The standard InChI is InChI=1S/C15H17NO3S2/c17-14(13-8-12-11(21-13)6-7-20-12)16-10-5-3-1-2-4-9(10)15(18)19/h6-10H,1-5H2,(H,16,17)(H,18,19). The molecule has 2 aromatic rings. The maximum Gasteiger partial charge on any atom is 0.308 e. The van der Waals surface area contributed by atoms with Crippen molar-refractivity contribution in [1.82, 2.24) is 5.32 Å². The van der Waals surface area contributed by atoms with Crippen LogP contribution >= 0.6 is 22.7 Å².